The zero-order valence-electron chi connectivity index (χ0n) is 8.33. The fourth-order valence-corrected chi connectivity index (χ4v) is 1.90. The standard InChI is InChI=1S/C12H15BrO/c1-3-8-12(14,9-13)11-6-4-10(2)5-7-11/h3-7,14H,1,8-9H2,2H3. The van der Waals surface area contributed by atoms with Crippen molar-refractivity contribution < 1.29 is 5.11 Å². The molecule has 76 valence electrons. The second kappa shape index (κ2) is 4.76. The Morgan fingerprint density at radius 2 is 2.00 bits per heavy atom. The van der Waals surface area contributed by atoms with E-state index in [2.05, 4.69) is 22.5 Å². The number of hydrogen-bond donors (Lipinski definition) is 1. The third-order valence-corrected chi connectivity index (χ3v) is 3.22. The van der Waals surface area contributed by atoms with Gasteiger partial charge in [-0.25, -0.2) is 0 Å². The Labute approximate surface area is 93.6 Å². The van der Waals surface area contributed by atoms with Gasteiger partial charge in [-0.05, 0) is 18.9 Å². The van der Waals surface area contributed by atoms with Gasteiger partial charge in [0.2, 0.25) is 0 Å². The van der Waals surface area contributed by atoms with Gasteiger partial charge in [0.05, 0.1) is 0 Å². The van der Waals surface area contributed by atoms with Crippen LogP contribution in [-0.2, 0) is 5.60 Å². The molecule has 1 rings (SSSR count). The number of rotatable bonds is 4. The van der Waals surface area contributed by atoms with Crippen molar-refractivity contribution in [3.05, 3.63) is 48.0 Å². The molecule has 1 N–H and O–H groups in total. The molecule has 2 heteroatoms. The van der Waals surface area contributed by atoms with E-state index >= 15 is 0 Å². The third-order valence-electron chi connectivity index (χ3n) is 2.29. The summed E-state index contributed by atoms with van der Waals surface area (Å²) in [5, 5.41) is 10.8. The molecule has 0 fully saturated rings. The highest BCUT2D eigenvalue weighted by Gasteiger charge is 2.25. The van der Waals surface area contributed by atoms with Crippen LogP contribution >= 0.6 is 15.9 Å². The molecular weight excluding hydrogens is 240 g/mol. The van der Waals surface area contributed by atoms with E-state index in [9.17, 15) is 5.11 Å². The second-order valence-corrected chi connectivity index (χ2v) is 4.08. The van der Waals surface area contributed by atoms with E-state index in [-0.39, 0.29) is 0 Å². The predicted molar refractivity (Wildman–Crippen MR) is 63.7 cm³/mol. The third kappa shape index (κ3) is 2.46. The average molecular weight is 255 g/mol. The highest BCUT2D eigenvalue weighted by atomic mass is 79.9. The minimum atomic E-state index is -0.824. The minimum absolute atomic E-state index is 0.523. The molecule has 0 aliphatic rings. The SMILES string of the molecule is C=CCC(O)(CBr)c1ccc(C)cc1. The van der Waals surface area contributed by atoms with Crippen LogP contribution in [0.4, 0.5) is 0 Å². The van der Waals surface area contributed by atoms with E-state index in [0.29, 0.717) is 11.8 Å². The van der Waals surface area contributed by atoms with Crippen LogP contribution < -0.4 is 0 Å². The van der Waals surface area contributed by atoms with Gasteiger partial charge in [-0.1, -0.05) is 51.8 Å². The Kier molecular flexibility index (Phi) is 3.90. The fourth-order valence-electron chi connectivity index (χ4n) is 1.35. The Bertz CT molecular complexity index is 305. The predicted octanol–water partition coefficient (Wildman–Crippen LogP) is 3.15. The first-order valence-electron chi connectivity index (χ1n) is 4.59. The quantitative estimate of drug-likeness (QED) is 0.647. The number of alkyl halides is 1. The van der Waals surface area contributed by atoms with E-state index in [1.54, 1.807) is 6.08 Å². The molecule has 0 amide bonds. The van der Waals surface area contributed by atoms with Crippen LogP contribution in [0.15, 0.2) is 36.9 Å². The lowest BCUT2D eigenvalue weighted by Crippen LogP contribution is -2.26. The summed E-state index contributed by atoms with van der Waals surface area (Å²) in [6.07, 6.45) is 2.29. The Morgan fingerprint density at radius 1 is 1.43 bits per heavy atom. The molecule has 1 aromatic rings. The lowest BCUT2D eigenvalue weighted by atomic mass is 9.92. The van der Waals surface area contributed by atoms with Gasteiger partial charge in [0, 0.05) is 5.33 Å². The van der Waals surface area contributed by atoms with Crippen molar-refractivity contribution in [2.45, 2.75) is 18.9 Å². The average Bonchev–Trinajstić information content (AvgIpc) is 2.19. The minimum Gasteiger partial charge on any atom is -0.384 e. The van der Waals surface area contributed by atoms with Crippen LogP contribution in [0.1, 0.15) is 17.5 Å². The number of benzene rings is 1. The molecule has 0 saturated heterocycles. The van der Waals surface area contributed by atoms with Gasteiger partial charge in [-0.2, -0.15) is 0 Å². The first-order chi connectivity index (χ1) is 6.62. The molecule has 14 heavy (non-hydrogen) atoms. The van der Waals surface area contributed by atoms with Crippen molar-refractivity contribution >= 4 is 15.9 Å². The number of aryl methyl sites for hydroxylation is 1. The molecular formula is C12H15BrO. The summed E-state index contributed by atoms with van der Waals surface area (Å²) in [4.78, 5) is 0. The number of aliphatic hydroxyl groups is 1. The van der Waals surface area contributed by atoms with Crippen molar-refractivity contribution in [3.63, 3.8) is 0 Å². The molecule has 0 aromatic heterocycles. The van der Waals surface area contributed by atoms with Crippen molar-refractivity contribution in [1.29, 1.82) is 0 Å². The van der Waals surface area contributed by atoms with Crippen LogP contribution in [-0.4, -0.2) is 10.4 Å². The highest BCUT2D eigenvalue weighted by molar-refractivity contribution is 9.09. The van der Waals surface area contributed by atoms with Crippen molar-refractivity contribution in [3.8, 4) is 0 Å². The monoisotopic (exact) mass is 254 g/mol. The van der Waals surface area contributed by atoms with E-state index in [4.69, 9.17) is 0 Å². The van der Waals surface area contributed by atoms with Gasteiger partial charge in [0.1, 0.15) is 5.60 Å². The second-order valence-electron chi connectivity index (χ2n) is 3.52. The number of hydrogen-bond acceptors (Lipinski definition) is 1. The topological polar surface area (TPSA) is 20.2 Å². The van der Waals surface area contributed by atoms with Gasteiger partial charge in [0.25, 0.3) is 0 Å². The van der Waals surface area contributed by atoms with Crippen LogP contribution in [0.25, 0.3) is 0 Å². The Morgan fingerprint density at radius 3 is 2.43 bits per heavy atom. The van der Waals surface area contributed by atoms with E-state index in [1.165, 1.54) is 5.56 Å². The maximum Gasteiger partial charge on any atom is 0.103 e. The molecule has 0 aliphatic heterocycles. The molecule has 0 saturated carbocycles. The first-order valence-corrected chi connectivity index (χ1v) is 5.71. The largest absolute Gasteiger partial charge is 0.384 e. The zero-order chi connectivity index (χ0) is 10.6. The van der Waals surface area contributed by atoms with Crippen LogP contribution in [0.2, 0.25) is 0 Å². The Balaban J connectivity index is 2.99. The molecule has 1 nitrogen and oxygen atoms in total. The smallest absolute Gasteiger partial charge is 0.103 e. The Hall–Kier alpha value is -0.600. The summed E-state index contributed by atoms with van der Waals surface area (Å²) in [6.45, 7) is 5.69. The van der Waals surface area contributed by atoms with Crippen LogP contribution in [0, 0.1) is 6.92 Å². The number of halogens is 1. The maximum atomic E-state index is 10.3. The van der Waals surface area contributed by atoms with E-state index < -0.39 is 5.60 Å². The summed E-state index contributed by atoms with van der Waals surface area (Å²) >= 11 is 3.33. The fraction of sp³-hybridized carbons (Fsp3) is 0.333. The molecule has 0 aliphatic carbocycles. The van der Waals surface area contributed by atoms with Crippen LogP contribution in [0.3, 0.4) is 0 Å². The molecule has 0 radical (unpaired) electrons. The zero-order valence-corrected chi connectivity index (χ0v) is 9.92. The maximum absolute atomic E-state index is 10.3. The summed E-state index contributed by atoms with van der Waals surface area (Å²) < 4.78 is 0. The molecule has 1 atom stereocenters. The van der Waals surface area contributed by atoms with Crippen LogP contribution in [0.5, 0.6) is 0 Å². The normalized spacial score (nSPS) is 14.8. The molecule has 1 aromatic carbocycles. The molecule has 0 bridgehead atoms. The lowest BCUT2D eigenvalue weighted by molar-refractivity contribution is 0.0673. The van der Waals surface area contributed by atoms with Crippen molar-refractivity contribution in [1.82, 2.24) is 0 Å². The summed E-state index contributed by atoms with van der Waals surface area (Å²) in [6, 6.07) is 7.93. The molecule has 0 heterocycles. The van der Waals surface area contributed by atoms with Gasteiger partial charge in [-0.15, -0.1) is 6.58 Å². The highest BCUT2D eigenvalue weighted by Crippen LogP contribution is 2.27. The molecule has 1 unspecified atom stereocenters. The van der Waals surface area contributed by atoms with Crippen molar-refractivity contribution in [2.24, 2.45) is 0 Å². The summed E-state index contributed by atoms with van der Waals surface area (Å²) in [5.41, 5.74) is 1.30. The summed E-state index contributed by atoms with van der Waals surface area (Å²) in [7, 11) is 0. The van der Waals surface area contributed by atoms with E-state index in [0.717, 1.165) is 5.56 Å². The van der Waals surface area contributed by atoms with Gasteiger partial charge in [-0.3, -0.25) is 0 Å². The lowest BCUT2D eigenvalue weighted by Gasteiger charge is -2.25. The summed E-state index contributed by atoms with van der Waals surface area (Å²) in [5.74, 6) is 0. The molecule has 0 spiro atoms. The van der Waals surface area contributed by atoms with Gasteiger partial charge < -0.3 is 5.11 Å². The van der Waals surface area contributed by atoms with Gasteiger partial charge in [0.15, 0.2) is 0 Å². The van der Waals surface area contributed by atoms with E-state index in [1.807, 2.05) is 31.2 Å². The van der Waals surface area contributed by atoms with Gasteiger partial charge >= 0.3 is 0 Å². The first kappa shape index (κ1) is 11.5. The van der Waals surface area contributed by atoms with Crippen molar-refractivity contribution in [2.75, 3.05) is 5.33 Å².